The van der Waals surface area contributed by atoms with Crippen LogP contribution in [0.15, 0.2) is 60.7 Å². The number of aromatic nitrogens is 4. The van der Waals surface area contributed by atoms with Gasteiger partial charge in [-0.15, -0.1) is 0 Å². The van der Waals surface area contributed by atoms with E-state index in [1.54, 1.807) is 24.3 Å². The van der Waals surface area contributed by atoms with E-state index in [4.69, 9.17) is 4.74 Å². The van der Waals surface area contributed by atoms with E-state index in [-0.39, 0.29) is 11.8 Å². The minimum absolute atomic E-state index is 0.182. The molecule has 0 amide bonds. The Labute approximate surface area is 219 Å². The van der Waals surface area contributed by atoms with Crippen molar-refractivity contribution in [2.45, 2.75) is 54.4 Å². The summed E-state index contributed by atoms with van der Waals surface area (Å²) in [7, 11) is 0. The molecule has 6 nitrogen and oxygen atoms in total. The molecule has 0 bridgehead atoms. The van der Waals surface area contributed by atoms with E-state index in [0.717, 1.165) is 5.56 Å². The fraction of sp³-hybridized carbons (Fsp3) is 0.414. The van der Waals surface area contributed by atoms with Crippen LogP contribution in [0.1, 0.15) is 60.2 Å². The number of hydrogen-bond donors (Lipinski definition) is 0. The number of ether oxygens (including phenoxy) is 1. The van der Waals surface area contributed by atoms with Crippen LogP contribution < -0.4 is 4.90 Å². The molecule has 1 saturated heterocycles. The summed E-state index contributed by atoms with van der Waals surface area (Å²) >= 11 is 0. The molecule has 5 rings (SSSR count). The van der Waals surface area contributed by atoms with E-state index in [1.165, 1.54) is 11.0 Å². The summed E-state index contributed by atoms with van der Waals surface area (Å²) in [5.74, 6) is 0.497. The highest BCUT2D eigenvalue weighted by Gasteiger charge is 2.23. The number of imidazole rings is 1. The molecule has 8 heteroatoms. The third-order valence-corrected chi connectivity index (χ3v) is 5.09. The molecule has 3 heterocycles. The molecule has 0 spiro atoms. The Hall–Kier alpha value is -3.39. The van der Waals surface area contributed by atoms with Crippen LogP contribution in [0.25, 0.3) is 28.2 Å². The van der Waals surface area contributed by atoms with E-state index >= 15 is 0 Å². The first-order valence-corrected chi connectivity index (χ1v) is 13.2. The van der Waals surface area contributed by atoms with Crippen molar-refractivity contribution in [2.24, 2.45) is 0 Å². The molecule has 1 aliphatic heterocycles. The van der Waals surface area contributed by atoms with E-state index in [1.807, 2.05) is 64.1 Å². The molecule has 0 unspecified atom stereocenters. The van der Waals surface area contributed by atoms with E-state index in [2.05, 4.69) is 33.7 Å². The summed E-state index contributed by atoms with van der Waals surface area (Å²) in [5, 5.41) is 0. The lowest BCUT2D eigenvalue weighted by molar-refractivity contribution is 0.122. The molecule has 0 N–H and O–H groups in total. The molecule has 1 aliphatic rings. The summed E-state index contributed by atoms with van der Waals surface area (Å²) in [6.45, 7) is 14.8. The van der Waals surface area contributed by atoms with Gasteiger partial charge in [-0.1, -0.05) is 90.4 Å². The van der Waals surface area contributed by atoms with Gasteiger partial charge in [0.15, 0.2) is 5.82 Å². The first kappa shape index (κ1) is 29.8. The second-order valence-electron chi connectivity index (χ2n) is 7.68. The molecular formula is C29H39F2N5O. The minimum Gasteiger partial charge on any atom is -0.378 e. The van der Waals surface area contributed by atoms with Gasteiger partial charge in [0.25, 0.3) is 6.43 Å². The normalized spacial score (nSPS) is 12.6. The Bertz CT molecular complexity index is 1190. The molecule has 0 aliphatic carbocycles. The number of morpholine rings is 1. The van der Waals surface area contributed by atoms with Crippen LogP contribution in [0.5, 0.6) is 0 Å². The molecule has 200 valence electrons. The topological polar surface area (TPSA) is 56.1 Å². The monoisotopic (exact) mass is 511 g/mol. The van der Waals surface area contributed by atoms with Gasteiger partial charge in [0.2, 0.25) is 5.95 Å². The quantitative estimate of drug-likeness (QED) is 0.281. The van der Waals surface area contributed by atoms with Gasteiger partial charge in [0.1, 0.15) is 5.82 Å². The second-order valence-corrected chi connectivity index (χ2v) is 7.68. The molecule has 0 saturated carbocycles. The van der Waals surface area contributed by atoms with E-state index in [9.17, 15) is 8.78 Å². The first-order valence-electron chi connectivity index (χ1n) is 13.2. The molecule has 4 aromatic rings. The fourth-order valence-electron chi connectivity index (χ4n) is 3.63. The predicted molar refractivity (Wildman–Crippen MR) is 149 cm³/mol. The lowest BCUT2D eigenvalue weighted by Crippen LogP contribution is -2.37. The van der Waals surface area contributed by atoms with Crippen LogP contribution in [-0.4, -0.2) is 45.8 Å². The van der Waals surface area contributed by atoms with Crippen LogP contribution in [0, 0.1) is 0 Å². The number of hydrogen-bond acceptors (Lipinski definition) is 5. The average Bonchev–Trinajstić information content (AvgIpc) is 3.37. The number of fused-ring (bicyclic) bond motifs is 1. The number of anilines is 1. The van der Waals surface area contributed by atoms with Gasteiger partial charge in [-0.05, 0) is 12.1 Å². The highest BCUT2D eigenvalue weighted by atomic mass is 19.3. The minimum atomic E-state index is -2.76. The zero-order valence-electron chi connectivity index (χ0n) is 22.8. The van der Waals surface area contributed by atoms with Crippen molar-refractivity contribution < 1.29 is 13.5 Å². The third-order valence-electron chi connectivity index (χ3n) is 5.09. The van der Waals surface area contributed by atoms with Gasteiger partial charge in [-0.3, -0.25) is 4.57 Å². The van der Waals surface area contributed by atoms with Crippen LogP contribution >= 0.6 is 0 Å². The van der Waals surface area contributed by atoms with Gasteiger partial charge in [-0.25, -0.2) is 18.7 Å². The lowest BCUT2D eigenvalue weighted by atomic mass is 10.1. The van der Waals surface area contributed by atoms with Gasteiger partial charge < -0.3 is 9.64 Å². The number of rotatable bonds is 4. The highest BCUT2D eigenvalue weighted by molar-refractivity contribution is 5.78. The molecule has 0 atom stereocenters. The maximum absolute atomic E-state index is 13.9. The zero-order chi connectivity index (χ0) is 27.2. The summed E-state index contributed by atoms with van der Waals surface area (Å²) in [5.41, 5.74) is 2.58. The van der Waals surface area contributed by atoms with Crippen molar-refractivity contribution in [3.8, 4) is 17.2 Å². The van der Waals surface area contributed by atoms with Gasteiger partial charge >= 0.3 is 0 Å². The number of halogens is 2. The maximum Gasteiger partial charge on any atom is 0.296 e. The Morgan fingerprint density at radius 2 is 1.43 bits per heavy atom. The standard InChI is InChI=1S/C22H19F2N5O.C3H8.2C2H6/c23-20(24)21-25-16-8-4-5-9-18(16)29(21)22-26-17(15-6-2-1-3-7-15)14-19(27-22)28-10-12-30-13-11-28;1-3-2;2*1-2/h1-9,14,20H,10-13H2;3H2,1-2H3;2*1-2H3. The Morgan fingerprint density at radius 1 is 0.838 bits per heavy atom. The zero-order valence-corrected chi connectivity index (χ0v) is 22.8. The largest absolute Gasteiger partial charge is 0.378 e. The Balaban J connectivity index is 0.000000630. The van der Waals surface area contributed by atoms with Crippen molar-refractivity contribution in [2.75, 3.05) is 31.2 Å². The molecule has 0 radical (unpaired) electrons. The van der Waals surface area contributed by atoms with Crippen molar-refractivity contribution in [3.05, 3.63) is 66.5 Å². The molecule has 2 aromatic carbocycles. The van der Waals surface area contributed by atoms with E-state index in [0.29, 0.717) is 48.8 Å². The second kappa shape index (κ2) is 15.7. The molecular weight excluding hydrogens is 472 g/mol. The van der Waals surface area contributed by atoms with Crippen molar-refractivity contribution in [1.82, 2.24) is 19.5 Å². The molecule has 1 fully saturated rings. The summed E-state index contributed by atoms with van der Waals surface area (Å²) in [4.78, 5) is 15.5. The summed E-state index contributed by atoms with van der Waals surface area (Å²) in [6.07, 6.45) is -1.51. The number of para-hydroxylation sites is 2. The predicted octanol–water partition coefficient (Wildman–Crippen LogP) is 7.73. The SMILES string of the molecule is CC.CC.CCC.FC(F)c1nc2ccccc2n1-c1nc(-c2ccccc2)cc(N2CCOCC2)n1. The molecule has 2 aromatic heterocycles. The average molecular weight is 512 g/mol. The molecule has 37 heavy (non-hydrogen) atoms. The van der Waals surface area contributed by atoms with Crippen LogP contribution in [0.3, 0.4) is 0 Å². The van der Waals surface area contributed by atoms with Crippen molar-refractivity contribution >= 4 is 16.9 Å². The lowest BCUT2D eigenvalue weighted by Gasteiger charge is -2.28. The van der Waals surface area contributed by atoms with Gasteiger partial charge in [0.05, 0.1) is 29.9 Å². The Kier molecular flexibility index (Phi) is 12.6. The number of alkyl halides is 2. The van der Waals surface area contributed by atoms with Gasteiger partial charge in [-0.2, -0.15) is 4.98 Å². The highest BCUT2D eigenvalue weighted by Crippen LogP contribution is 2.29. The van der Waals surface area contributed by atoms with E-state index < -0.39 is 6.43 Å². The third kappa shape index (κ3) is 7.55. The summed E-state index contributed by atoms with van der Waals surface area (Å²) < 4.78 is 34.5. The van der Waals surface area contributed by atoms with Crippen LogP contribution in [0.2, 0.25) is 0 Å². The number of nitrogens with zero attached hydrogens (tertiary/aromatic N) is 5. The van der Waals surface area contributed by atoms with Crippen LogP contribution in [-0.2, 0) is 4.74 Å². The summed E-state index contributed by atoms with van der Waals surface area (Å²) in [6, 6.07) is 18.6. The van der Waals surface area contributed by atoms with Crippen LogP contribution in [0.4, 0.5) is 14.6 Å². The smallest absolute Gasteiger partial charge is 0.296 e. The first-order chi connectivity index (χ1) is 18.1. The maximum atomic E-state index is 13.9. The number of benzene rings is 2. The van der Waals surface area contributed by atoms with Crippen molar-refractivity contribution in [3.63, 3.8) is 0 Å². The van der Waals surface area contributed by atoms with Crippen molar-refractivity contribution in [1.29, 1.82) is 0 Å². The Morgan fingerprint density at radius 3 is 2.05 bits per heavy atom. The van der Waals surface area contributed by atoms with Gasteiger partial charge in [0, 0.05) is 24.7 Å². The fourth-order valence-corrected chi connectivity index (χ4v) is 3.63.